The van der Waals surface area contributed by atoms with Gasteiger partial charge in [0.05, 0.1) is 16.6 Å². The molecule has 0 saturated carbocycles. The second-order valence-corrected chi connectivity index (χ2v) is 6.46. The van der Waals surface area contributed by atoms with Crippen molar-refractivity contribution in [1.82, 2.24) is 25.3 Å². The van der Waals surface area contributed by atoms with E-state index in [0.717, 1.165) is 43.9 Å². The topological polar surface area (TPSA) is 90.5 Å². The molecule has 3 aromatic rings. The van der Waals surface area contributed by atoms with E-state index in [0.29, 0.717) is 28.8 Å². The van der Waals surface area contributed by atoms with E-state index in [1.165, 1.54) is 12.1 Å². The standard InChI is InChI=1S/C18H22FN7/c1-2-6-21-18-22-10-13(16(26-18)23-12-5-7-20-9-12)17-24-14-4-3-11(19)8-15(14)25-17/h3-4,8,10,12,20H,2,5-7,9H2,1H3,(H,24,25)(H2,21,22,23,26)/t12-/m0/s1. The number of nitrogens with one attached hydrogen (secondary N) is 4. The molecule has 1 saturated heterocycles. The minimum Gasteiger partial charge on any atom is -0.365 e. The second kappa shape index (κ2) is 7.25. The highest BCUT2D eigenvalue weighted by Gasteiger charge is 2.19. The summed E-state index contributed by atoms with van der Waals surface area (Å²) < 4.78 is 13.5. The molecule has 26 heavy (non-hydrogen) atoms. The lowest BCUT2D eigenvalue weighted by atomic mass is 10.2. The van der Waals surface area contributed by atoms with Crippen LogP contribution in [0.1, 0.15) is 19.8 Å². The first kappa shape index (κ1) is 16.7. The maximum Gasteiger partial charge on any atom is 0.224 e. The number of halogens is 1. The van der Waals surface area contributed by atoms with Crippen LogP contribution in [0.25, 0.3) is 22.4 Å². The Labute approximate surface area is 150 Å². The molecule has 3 heterocycles. The first-order valence-electron chi connectivity index (χ1n) is 8.96. The van der Waals surface area contributed by atoms with Crippen molar-refractivity contribution in [3.05, 3.63) is 30.2 Å². The van der Waals surface area contributed by atoms with Gasteiger partial charge in [0.2, 0.25) is 5.95 Å². The minimum atomic E-state index is -0.293. The lowest BCUT2D eigenvalue weighted by Gasteiger charge is -2.15. The fourth-order valence-electron chi connectivity index (χ4n) is 3.07. The molecule has 4 rings (SSSR count). The lowest BCUT2D eigenvalue weighted by Crippen LogP contribution is -2.23. The molecule has 136 valence electrons. The largest absolute Gasteiger partial charge is 0.365 e. The number of aromatic nitrogens is 4. The lowest BCUT2D eigenvalue weighted by molar-refractivity contribution is 0.629. The maximum atomic E-state index is 13.5. The van der Waals surface area contributed by atoms with Crippen LogP contribution in [0.3, 0.4) is 0 Å². The summed E-state index contributed by atoms with van der Waals surface area (Å²) in [6, 6.07) is 4.82. The van der Waals surface area contributed by atoms with E-state index in [9.17, 15) is 4.39 Å². The number of aromatic amines is 1. The molecule has 1 aliphatic rings. The average molecular weight is 355 g/mol. The Balaban J connectivity index is 1.71. The number of H-pyrrole nitrogens is 1. The van der Waals surface area contributed by atoms with Crippen molar-refractivity contribution in [2.45, 2.75) is 25.8 Å². The number of benzene rings is 1. The number of anilines is 2. The Morgan fingerprint density at radius 3 is 3.04 bits per heavy atom. The molecule has 0 unspecified atom stereocenters. The molecule has 0 bridgehead atoms. The number of nitrogens with zero attached hydrogens (tertiary/aromatic N) is 3. The van der Waals surface area contributed by atoms with Crippen molar-refractivity contribution in [3.63, 3.8) is 0 Å². The van der Waals surface area contributed by atoms with Crippen LogP contribution >= 0.6 is 0 Å². The Bertz CT molecular complexity index is 902. The van der Waals surface area contributed by atoms with Gasteiger partial charge in [-0.15, -0.1) is 0 Å². The fraction of sp³-hybridized carbons (Fsp3) is 0.389. The summed E-state index contributed by atoms with van der Waals surface area (Å²) in [6.45, 7) is 4.79. The van der Waals surface area contributed by atoms with Gasteiger partial charge in [0.25, 0.3) is 0 Å². The molecule has 1 fully saturated rings. The van der Waals surface area contributed by atoms with E-state index >= 15 is 0 Å². The Morgan fingerprint density at radius 1 is 1.31 bits per heavy atom. The highest BCUT2D eigenvalue weighted by atomic mass is 19.1. The molecule has 0 aliphatic carbocycles. The molecule has 4 N–H and O–H groups in total. The van der Waals surface area contributed by atoms with Crippen LogP contribution in [0.4, 0.5) is 16.2 Å². The van der Waals surface area contributed by atoms with Crippen LogP contribution in [0, 0.1) is 5.82 Å². The number of fused-ring (bicyclic) bond motifs is 1. The van der Waals surface area contributed by atoms with Crippen LogP contribution < -0.4 is 16.0 Å². The van der Waals surface area contributed by atoms with Gasteiger partial charge in [0.15, 0.2) is 0 Å². The zero-order valence-corrected chi connectivity index (χ0v) is 14.6. The summed E-state index contributed by atoms with van der Waals surface area (Å²) >= 11 is 0. The predicted molar refractivity (Wildman–Crippen MR) is 101 cm³/mol. The van der Waals surface area contributed by atoms with Gasteiger partial charge >= 0.3 is 0 Å². The summed E-state index contributed by atoms with van der Waals surface area (Å²) in [5, 5.41) is 10.0. The minimum absolute atomic E-state index is 0.293. The van der Waals surface area contributed by atoms with E-state index in [1.54, 1.807) is 12.3 Å². The molecule has 0 radical (unpaired) electrons. The molecule has 1 atom stereocenters. The van der Waals surface area contributed by atoms with Gasteiger partial charge in [-0.25, -0.2) is 14.4 Å². The van der Waals surface area contributed by atoms with Crippen LogP contribution in [0.2, 0.25) is 0 Å². The fourth-order valence-corrected chi connectivity index (χ4v) is 3.07. The average Bonchev–Trinajstić information content (AvgIpc) is 3.29. The Hall–Kier alpha value is -2.74. The van der Waals surface area contributed by atoms with Crippen molar-refractivity contribution in [2.24, 2.45) is 0 Å². The predicted octanol–water partition coefficient (Wildman–Crippen LogP) is 2.75. The van der Waals surface area contributed by atoms with Crippen LogP contribution in [0.5, 0.6) is 0 Å². The van der Waals surface area contributed by atoms with Crippen LogP contribution in [0.15, 0.2) is 24.4 Å². The van der Waals surface area contributed by atoms with Gasteiger partial charge in [-0.05, 0) is 37.6 Å². The number of imidazole rings is 1. The third-order valence-electron chi connectivity index (χ3n) is 4.42. The summed E-state index contributed by atoms with van der Waals surface area (Å²) in [6.07, 6.45) is 3.78. The first-order valence-corrected chi connectivity index (χ1v) is 8.96. The quantitative estimate of drug-likeness (QED) is 0.544. The first-order chi connectivity index (χ1) is 12.7. The van der Waals surface area contributed by atoms with E-state index in [4.69, 9.17) is 0 Å². The second-order valence-electron chi connectivity index (χ2n) is 6.46. The van der Waals surface area contributed by atoms with Crippen molar-refractivity contribution < 1.29 is 4.39 Å². The smallest absolute Gasteiger partial charge is 0.224 e. The molecule has 1 aliphatic heterocycles. The zero-order valence-electron chi connectivity index (χ0n) is 14.6. The van der Waals surface area contributed by atoms with Crippen molar-refractivity contribution in [2.75, 3.05) is 30.3 Å². The molecule has 1 aromatic carbocycles. The monoisotopic (exact) mass is 355 g/mol. The molecule has 7 nitrogen and oxygen atoms in total. The normalized spacial score (nSPS) is 16.9. The SMILES string of the molecule is CCCNc1ncc(-c2nc3ccc(F)cc3[nH]2)c(N[C@H]2CCNC2)n1. The van der Waals surface area contributed by atoms with Gasteiger partial charge in [-0.1, -0.05) is 6.92 Å². The van der Waals surface area contributed by atoms with Gasteiger partial charge in [0.1, 0.15) is 17.5 Å². The maximum absolute atomic E-state index is 13.5. The van der Waals surface area contributed by atoms with Gasteiger partial charge in [-0.2, -0.15) is 4.98 Å². The molecule has 0 spiro atoms. The van der Waals surface area contributed by atoms with Crippen LogP contribution in [-0.4, -0.2) is 45.6 Å². The van der Waals surface area contributed by atoms with E-state index in [-0.39, 0.29) is 5.82 Å². The zero-order chi connectivity index (χ0) is 17.9. The Morgan fingerprint density at radius 2 is 2.23 bits per heavy atom. The highest BCUT2D eigenvalue weighted by molar-refractivity contribution is 5.82. The Kier molecular flexibility index (Phi) is 4.66. The number of rotatable bonds is 6. The molecular formula is C18H22FN7. The van der Waals surface area contributed by atoms with E-state index in [1.807, 2.05) is 0 Å². The summed E-state index contributed by atoms with van der Waals surface area (Å²) in [7, 11) is 0. The van der Waals surface area contributed by atoms with Crippen molar-refractivity contribution >= 4 is 22.8 Å². The molecule has 8 heteroatoms. The van der Waals surface area contributed by atoms with Crippen molar-refractivity contribution in [3.8, 4) is 11.4 Å². The van der Waals surface area contributed by atoms with Crippen molar-refractivity contribution in [1.29, 1.82) is 0 Å². The van der Waals surface area contributed by atoms with Gasteiger partial charge in [-0.3, -0.25) is 0 Å². The third kappa shape index (κ3) is 3.45. The van der Waals surface area contributed by atoms with Crippen LogP contribution in [-0.2, 0) is 0 Å². The van der Waals surface area contributed by atoms with Gasteiger partial charge < -0.3 is 20.9 Å². The third-order valence-corrected chi connectivity index (χ3v) is 4.42. The van der Waals surface area contributed by atoms with E-state index < -0.39 is 0 Å². The molecule has 0 amide bonds. The number of hydrogen-bond acceptors (Lipinski definition) is 6. The number of hydrogen-bond donors (Lipinski definition) is 4. The summed E-state index contributed by atoms with van der Waals surface area (Å²) in [4.78, 5) is 16.8. The summed E-state index contributed by atoms with van der Waals surface area (Å²) in [5.74, 6) is 1.65. The summed E-state index contributed by atoms with van der Waals surface area (Å²) in [5.41, 5.74) is 2.14. The van der Waals surface area contributed by atoms with Gasteiger partial charge in [0, 0.05) is 25.3 Å². The molecule has 2 aromatic heterocycles. The van der Waals surface area contributed by atoms with E-state index in [2.05, 4.69) is 42.8 Å². The highest BCUT2D eigenvalue weighted by Crippen LogP contribution is 2.28. The molecular weight excluding hydrogens is 333 g/mol.